The molecule has 2 aromatic carbocycles. The summed E-state index contributed by atoms with van der Waals surface area (Å²) in [6.45, 7) is 2.42. The molecule has 1 saturated heterocycles. The van der Waals surface area contributed by atoms with E-state index in [9.17, 15) is 18.0 Å². The molecule has 9 nitrogen and oxygen atoms in total. The summed E-state index contributed by atoms with van der Waals surface area (Å²) >= 11 is 0. The van der Waals surface area contributed by atoms with Crippen molar-refractivity contribution in [3.63, 3.8) is 0 Å². The Hall–Kier alpha value is -2.95. The second-order valence-corrected chi connectivity index (χ2v) is 8.89. The third-order valence-corrected chi connectivity index (χ3v) is 6.03. The number of benzene rings is 2. The Morgan fingerprint density at radius 3 is 2.68 bits per heavy atom. The number of ether oxygens (including phenoxy) is 2. The van der Waals surface area contributed by atoms with Gasteiger partial charge in [-0.3, -0.25) is 20.4 Å². The van der Waals surface area contributed by atoms with Crippen molar-refractivity contribution < 1.29 is 27.5 Å². The number of rotatable bonds is 8. The van der Waals surface area contributed by atoms with Gasteiger partial charge in [-0.15, -0.1) is 0 Å². The lowest BCUT2D eigenvalue weighted by Gasteiger charge is -2.12. The van der Waals surface area contributed by atoms with Gasteiger partial charge in [-0.25, -0.2) is 13.1 Å². The van der Waals surface area contributed by atoms with Crippen LogP contribution >= 0.6 is 0 Å². The topological polar surface area (TPSA) is 123 Å². The summed E-state index contributed by atoms with van der Waals surface area (Å²) in [5, 5.41) is 0. The van der Waals surface area contributed by atoms with E-state index in [1.54, 1.807) is 18.2 Å². The molecule has 2 amide bonds. The molecule has 0 spiro atoms. The summed E-state index contributed by atoms with van der Waals surface area (Å²) in [5.41, 5.74) is 5.56. The predicted octanol–water partition coefficient (Wildman–Crippen LogP) is 1.29. The average Bonchev–Trinajstić information content (AvgIpc) is 3.29. The molecule has 1 heterocycles. The normalized spacial score (nSPS) is 16.0. The zero-order valence-electron chi connectivity index (χ0n) is 17.1. The Labute approximate surface area is 181 Å². The number of carbonyl (C=O) groups excluding carboxylic acids is 2. The van der Waals surface area contributed by atoms with Crippen molar-refractivity contribution in [2.45, 2.75) is 30.8 Å². The number of hydrogen-bond donors (Lipinski definition) is 3. The Morgan fingerprint density at radius 1 is 1.13 bits per heavy atom. The molecule has 3 N–H and O–H groups in total. The van der Waals surface area contributed by atoms with Crippen LogP contribution in [0.3, 0.4) is 0 Å². The third kappa shape index (κ3) is 6.78. The van der Waals surface area contributed by atoms with E-state index >= 15 is 0 Å². The first kappa shape index (κ1) is 22.7. The van der Waals surface area contributed by atoms with E-state index in [0.29, 0.717) is 12.4 Å². The van der Waals surface area contributed by atoms with Gasteiger partial charge in [-0.05, 0) is 55.7 Å². The van der Waals surface area contributed by atoms with E-state index in [1.807, 2.05) is 13.0 Å². The molecule has 0 aromatic heterocycles. The molecule has 3 rings (SSSR count). The molecule has 0 aliphatic carbocycles. The second kappa shape index (κ2) is 10.4. The van der Waals surface area contributed by atoms with Gasteiger partial charge in [-0.1, -0.05) is 18.2 Å². The van der Waals surface area contributed by atoms with Crippen molar-refractivity contribution in [1.82, 2.24) is 15.6 Å². The molecule has 10 heteroatoms. The van der Waals surface area contributed by atoms with E-state index in [-0.39, 0.29) is 29.7 Å². The van der Waals surface area contributed by atoms with E-state index in [1.165, 1.54) is 24.3 Å². The van der Waals surface area contributed by atoms with E-state index in [0.717, 1.165) is 18.4 Å². The third-order valence-electron chi connectivity index (χ3n) is 4.61. The van der Waals surface area contributed by atoms with E-state index in [4.69, 9.17) is 9.47 Å². The predicted molar refractivity (Wildman–Crippen MR) is 113 cm³/mol. The van der Waals surface area contributed by atoms with Gasteiger partial charge in [0.15, 0.2) is 6.61 Å². The minimum Gasteiger partial charge on any atom is -0.484 e. The monoisotopic (exact) mass is 447 g/mol. The van der Waals surface area contributed by atoms with Crippen LogP contribution in [0.25, 0.3) is 0 Å². The molecular formula is C21H25N3O6S. The van der Waals surface area contributed by atoms with Crippen molar-refractivity contribution >= 4 is 21.8 Å². The van der Waals surface area contributed by atoms with Gasteiger partial charge in [0.2, 0.25) is 10.0 Å². The average molecular weight is 448 g/mol. The Bertz CT molecular complexity index is 1030. The quantitative estimate of drug-likeness (QED) is 0.524. The van der Waals surface area contributed by atoms with E-state index in [2.05, 4.69) is 15.6 Å². The zero-order chi connectivity index (χ0) is 22.3. The lowest BCUT2D eigenvalue weighted by atomic mass is 10.2. The fourth-order valence-corrected chi connectivity index (χ4v) is 4.10. The van der Waals surface area contributed by atoms with Crippen LogP contribution in [0.5, 0.6) is 5.75 Å². The summed E-state index contributed by atoms with van der Waals surface area (Å²) in [6.07, 6.45) is 1.57. The van der Waals surface area contributed by atoms with Crippen LogP contribution in [0.4, 0.5) is 0 Å². The van der Waals surface area contributed by atoms with Gasteiger partial charge in [0, 0.05) is 18.7 Å². The van der Waals surface area contributed by atoms with Crippen LogP contribution in [0, 0.1) is 6.92 Å². The van der Waals surface area contributed by atoms with Crippen molar-refractivity contribution in [1.29, 1.82) is 0 Å². The van der Waals surface area contributed by atoms with Crippen LogP contribution in [0.1, 0.15) is 28.8 Å². The van der Waals surface area contributed by atoms with Crippen molar-refractivity contribution in [2.24, 2.45) is 0 Å². The smallest absolute Gasteiger partial charge is 0.276 e. The van der Waals surface area contributed by atoms with Crippen LogP contribution in [0.15, 0.2) is 53.4 Å². The van der Waals surface area contributed by atoms with Crippen LogP contribution < -0.4 is 20.3 Å². The highest BCUT2D eigenvalue weighted by atomic mass is 32.2. The highest BCUT2D eigenvalue weighted by Crippen LogP contribution is 2.15. The van der Waals surface area contributed by atoms with Gasteiger partial charge in [0.25, 0.3) is 11.8 Å². The lowest BCUT2D eigenvalue weighted by molar-refractivity contribution is -0.123. The first-order chi connectivity index (χ1) is 14.8. The number of sulfonamides is 1. The highest BCUT2D eigenvalue weighted by Gasteiger charge is 2.21. The van der Waals surface area contributed by atoms with Crippen molar-refractivity contribution in [3.05, 3.63) is 59.7 Å². The second-order valence-electron chi connectivity index (χ2n) is 7.12. The highest BCUT2D eigenvalue weighted by molar-refractivity contribution is 7.89. The van der Waals surface area contributed by atoms with Crippen LogP contribution in [0.2, 0.25) is 0 Å². The Balaban J connectivity index is 1.51. The Kier molecular flexibility index (Phi) is 7.61. The summed E-state index contributed by atoms with van der Waals surface area (Å²) in [7, 11) is -3.80. The molecule has 1 unspecified atom stereocenters. The largest absolute Gasteiger partial charge is 0.484 e. The fourth-order valence-electron chi connectivity index (χ4n) is 2.98. The number of hydrazine groups is 1. The maximum absolute atomic E-state index is 12.5. The van der Waals surface area contributed by atoms with Gasteiger partial charge >= 0.3 is 0 Å². The fraction of sp³-hybridized carbons (Fsp3) is 0.333. The standard InChI is InChI=1S/C21H25N3O6S/c1-15-5-2-7-17(11-15)30-14-20(25)23-24-21(26)16-6-3-9-19(12-16)31(27,28)22-13-18-8-4-10-29-18/h2-3,5-7,9,11-12,18,22H,4,8,10,13-14H2,1H3,(H,23,25)(H,24,26). The molecule has 166 valence electrons. The Morgan fingerprint density at radius 2 is 1.94 bits per heavy atom. The van der Waals surface area contributed by atoms with Crippen molar-refractivity contribution in [3.8, 4) is 5.75 Å². The van der Waals surface area contributed by atoms with Gasteiger partial charge in [0.05, 0.1) is 11.0 Å². The van der Waals surface area contributed by atoms with Gasteiger partial charge in [0.1, 0.15) is 5.75 Å². The SMILES string of the molecule is Cc1cccc(OCC(=O)NNC(=O)c2cccc(S(=O)(=O)NCC3CCCO3)c2)c1. The summed E-state index contributed by atoms with van der Waals surface area (Å²) < 4.78 is 38.2. The summed E-state index contributed by atoms with van der Waals surface area (Å²) in [4.78, 5) is 24.2. The molecule has 2 aromatic rings. The minimum absolute atomic E-state index is 0.0488. The summed E-state index contributed by atoms with van der Waals surface area (Å²) in [5.74, 6) is -0.674. The maximum Gasteiger partial charge on any atom is 0.276 e. The first-order valence-corrected chi connectivity index (χ1v) is 11.3. The molecule has 1 atom stereocenters. The first-order valence-electron chi connectivity index (χ1n) is 9.83. The number of hydrogen-bond acceptors (Lipinski definition) is 6. The molecule has 1 aliphatic heterocycles. The number of aryl methyl sites for hydroxylation is 1. The van der Waals surface area contributed by atoms with E-state index < -0.39 is 21.8 Å². The molecule has 31 heavy (non-hydrogen) atoms. The lowest BCUT2D eigenvalue weighted by Crippen LogP contribution is -2.43. The van der Waals surface area contributed by atoms with Gasteiger partial charge in [-0.2, -0.15) is 0 Å². The number of carbonyl (C=O) groups is 2. The molecular weight excluding hydrogens is 422 g/mol. The van der Waals surface area contributed by atoms with Crippen LogP contribution in [-0.4, -0.2) is 46.1 Å². The molecule has 0 bridgehead atoms. The van der Waals surface area contributed by atoms with Gasteiger partial charge < -0.3 is 9.47 Å². The maximum atomic E-state index is 12.5. The minimum atomic E-state index is -3.80. The van der Waals surface area contributed by atoms with Crippen molar-refractivity contribution in [2.75, 3.05) is 19.8 Å². The number of nitrogens with one attached hydrogen (secondary N) is 3. The molecule has 1 aliphatic rings. The zero-order valence-corrected chi connectivity index (χ0v) is 17.9. The molecule has 0 saturated carbocycles. The summed E-state index contributed by atoms with van der Waals surface area (Å²) in [6, 6.07) is 12.7. The molecule has 1 fully saturated rings. The van der Waals surface area contributed by atoms with Crippen LogP contribution in [-0.2, 0) is 19.6 Å². The molecule has 0 radical (unpaired) electrons. The number of amides is 2.